The van der Waals surface area contributed by atoms with Gasteiger partial charge in [-0.05, 0) is 18.2 Å². The summed E-state index contributed by atoms with van der Waals surface area (Å²) in [5.41, 5.74) is 2.92. The molecule has 2 aromatic carbocycles. The highest BCUT2D eigenvalue weighted by Gasteiger charge is 2.18. The van der Waals surface area contributed by atoms with E-state index in [0.29, 0.717) is 16.5 Å². The number of nitrogens with zero attached hydrogens (tertiary/aromatic N) is 3. The summed E-state index contributed by atoms with van der Waals surface area (Å²) in [5, 5.41) is 25.6. The van der Waals surface area contributed by atoms with Crippen LogP contribution < -0.4 is 0 Å². The first-order chi connectivity index (χ1) is 12.6. The Bertz CT molecular complexity index is 1090. The molecule has 0 bridgehead atoms. The number of carbonyl (C=O) groups is 1. The number of aromatic carboxylic acids is 1. The van der Waals surface area contributed by atoms with E-state index in [4.69, 9.17) is 0 Å². The van der Waals surface area contributed by atoms with Crippen molar-refractivity contribution in [2.45, 2.75) is 0 Å². The van der Waals surface area contributed by atoms with Crippen LogP contribution in [0.2, 0.25) is 0 Å². The number of hydrogen-bond donors (Lipinski definition) is 2. The molecule has 7 heteroatoms. The zero-order valence-corrected chi connectivity index (χ0v) is 14.2. The molecule has 0 spiro atoms. The molecule has 2 heterocycles. The second kappa shape index (κ2) is 6.45. The molecular formula is C19H13N3O3S. The second-order valence-corrected chi connectivity index (χ2v) is 6.40. The van der Waals surface area contributed by atoms with Crippen molar-refractivity contribution in [3.05, 3.63) is 71.7 Å². The summed E-state index contributed by atoms with van der Waals surface area (Å²) >= 11 is 1.35. The molecule has 0 radical (unpaired) electrons. The van der Waals surface area contributed by atoms with Crippen LogP contribution in [-0.2, 0) is 0 Å². The Morgan fingerprint density at radius 3 is 2.50 bits per heavy atom. The van der Waals surface area contributed by atoms with Crippen LogP contribution in [0.5, 0.6) is 5.75 Å². The Labute approximate surface area is 152 Å². The van der Waals surface area contributed by atoms with Crippen molar-refractivity contribution in [1.29, 1.82) is 0 Å². The minimum Gasteiger partial charge on any atom is -0.508 e. The van der Waals surface area contributed by atoms with Gasteiger partial charge in [0.1, 0.15) is 5.75 Å². The molecule has 0 aliphatic rings. The molecule has 0 saturated heterocycles. The predicted molar refractivity (Wildman–Crippen MR) is 98.7 cm³/mol. The lowest BCUT2D eigenvalue weighted by molar-refractivity contribution is 0.0690. The largest absolute Gasteiger partial charge is 0.508 e. The molecule has 4 aromatic rings. The maximum atomic E-state index is 11.4. The molecule has 0 saturated carbocycles. The molecule has 0 aliphatic carbocycles. The average Bonchev–Trinajstić information content (AvgIpc) is 3.30. The lowest BCUT2D eigenvalue weighted by Crippen LogP contribution is -2.02. The van der Waals surface area contributed by atoms with Crippen LogP contribution in [0, 0.1) is 0 Å². The Balaban J connectivity index is 1.82. The highest BCUT2D eigenvalue weighted by molar-refractivity contribution is 7.12. The lowest BCUT2D eigenvalue weighted by atomic mass is 10.1. The van der Waals surface area contributed by atoms with E-state index in [1.165, 1.54) is 22.1 Å². The molecule has 0 unspecified atom stereocenters. The first-order valence-corrected chi connectivity index (χ1v) is 8.64. The van der Waals surface area contributed by atoms with Gasteiger partial charge in [0, 0.05) is 16.5 Å². The zero-order chi connectivity index (χ0) is 18.1. The van der Waals surface area contributed by atoms with E-state index in [1.54, 1.807) is 18.2 Å². The molecule has 128 valence electrons. The third kappa shape index (κ3) is 2.96. The van der Waals surface area contributed by atoms with Crippen LogP contribution in [0.1, 0.15) is 10.5 Å². The van der Waals surface area contributed by atoms with E-state index >= 15 is 0 Å². The first-order valence-electron chi connectivity index (χ1n) is 7.76. The molecule has 0 aliphatic heterocycles. The maximum Gasteiger partial charge on any atom is 0.356 e. The van der Waals surface area contributed by atoms with Crippen LogP contribution in [0.15, 0.2) is 66.0 Å². The normalized spacial score (nSPS) is 10.8. The summed E-state index contributed by atoms with van der Waals surface area (Å²) in [4.78, 5) is 15.9. The number of thiazole rings is 1. The summed E-state index contributed by atoms with van der Waals surface area (Å²) < 4.78 is 1.54. The molecule has 26 heavy (non-hydrogen) atoms. The van der Waals surface area contributed by atoms with Gasteiger partial charge in [0.2, 0.25) is 5.13 Å². The minimum absolute atomic E-state index is 0.0436. The summed E-state index contributed by atoms with van der Waals surface area (Å²) in [7, 11) is 0. The van der Waals surface area contributed by atoms with E-state index in [-0.39, 0.29) is 11.4 Å². The fraction of sp³-hybridized carbons (Fsp3) is 0. The molecule has 0 amide bonds. The van der Waals surface area contributed by atoms with Crippen molar-refractivity contribution < 1.29 is 15.0 Å². The number of rotatable bonds is 4. The van der Waals surface area contributed by atoms with Crippen molar-refractivity contribution in [2.24, 2.45) is 0 Å². The standard InChI is InChI=1S/C19H13N3O3S/c23-14-8-4-7-13(9-14)16-11-26-19(20-16)22-17(10-15(21-22)18(24)25)12-5-2-1-3-6-12/h1-11,23H,(H,24,25). The molecular weight excluding hydrogens is 350 g/mol. The van der Waals surface area contributed by atoms with Gasteiger partial charge >= 0.3 is 5.97 Å². The number of aromatic nitrogens is 3. The number of phenols is 1. The minimum atomic E-state index is -1.09. The van der Waals surface area contributed by atoms with Gasteiger partial charge in [0.15, 0.2) is 5.69 Å². The van der Waals surface area contributed by atoms with E-state index in [0.717, 1.165) is 11.1 Å². The van der Waals surface area contributed by atoms with Gasteiger partial charge < -0.3 is 10.2 Å². The van der Waals surface area contributed by atoms with Gasteiger partial charge in [-0.15, -0.1) is 11.3 Å². The monoisotopic (exact) mass is 363 g/mol. The Kier molecular flexibility index (Phi) is 3.98. The number of carboxylic acid groups (broad SMARTS) is 1. The van der Waals surface area contributed by atoms with Crippen molar-refractivity contribution in [3.8, 4) is 33.4 Å². The van der Waals surface area contributed by atoms with Crippen LogP contribution in [0.3, 0.4) is 0 Å². The number of carboxylic acids is 1. The molecule has 4 rings (SSSR count). The highest BCUT2D eigenvalue weighted by atomic mass is 32.1. The third-order valence-corrected chi connectivity index (χ3v) is 4.63. The van der Waals surface area contributed by atoms with Gasteiger partial charge in [-0.2, -0.15) is 5.10 Å². The average molecular weight is 363 g/mol. The van der Waals surface area contributed by atoms with E-state index in [2.05, 4.69) is 10.1 Å². The van der Waals surface area contributed by atoms with E-state index in [9.17, 15) is 15.0 Å². The summed E-state index contributed by atoms with van der Waals surface area (Å²) in [5.74, 6) is -0.931. The van der Waals surface area contributed by atoms with Gasteiger partial charge in [0.25, 0.3) is 0 Å². The van der Waals surface area contributed by atoms with Gasteiger partial charge in [-0.1, -0.05) is 42.5 Å². The topological polar surface area (TPSA) is 88.2 Å². The fourth-order valence-corrected chi connectivity index (χ4v) is 3.40. The molecule has 2 N–H and O–H groups in total. The summed E-state index contributed by atoms with van der Waals surface area (Å²) in [6, 6.07) is 17.8. The Morgan fingerprint density at radius 2 is 1.77 bits per heavy atom. The quantitative estimate of drug-likeness (QED) is 0.571. The smallest absolute Gasteiger partial charge is 0.356 e. The number of phenolic OH excluding ortho intramolecular Hbond substituents is 1. The van der Waals surface area contributed by atoms with Crippen LogP contribution in [0.4, 0.5) is 0 Å². The predicted octanol–water partition coefficient (Wildman–Crippen LogP) is 4.07. The van der Waals surface area contributed by atoms with Crippen LogP contribution in [0.25, 0.3) is 27.6 Å². The van der Waals surface area contributed by atoms with E-state index < -0.39 is 5.97 Å². The van der Waals surface area contributed by atoms with Crippen molar-refractivity contribution >= 4 is 17.3 Å². The van der Waals surface area contributed by atoms with Crippen molar-refractivity contribution in [1.82, 2.24) is 14.8 Å². The number of benzene rings is 2. The zero-order valence-electron chi connectivity index (χ0n) is 13.4. The second-order valence-electron chi connectivity index (χ2n) is 5.56. The SMILES string of the molecule is O=C(O)c1cc(-c2ccccc2)n(-c2nc(-c3cccc(O)c3)cs2)n1. The van der Waals surface area contributed by atoms with Crippen molar-refractivity contribution in [3.63, 3.8) is 0 Å². The number of hydrogen-bond acceptors (Lipinski definition) is 5. The molecule has 0 atom stereocenters. The fourth-order valence-electron chi connectivity index (χ4n) is 2.61. The van der Waals surface area contributed by atoms with Crippen molar-refractivity contribution in [2.75, 3.05) is 0 Å². The van der Waals surface area contributed by atoms with Crippen LogP contribution >= 0.6 is 11.3 Å². The maximum absolute atomic E-state index is 11.4. The van der Waals surface area contributed by atoms with Gasteiger partial charge in [-0.3, -0.25) is 0 Å². The first kappa shape index (κ1) is 16.0. The summed E-state index contributed by atoms with van der Waals surface area (Å²) in [6.07, 6.45) is 0. The third-order valence-electron chi connectivity index (χ3n) is 3.81. The van der Waals surface area contributed by atoms with E-state index in [1.807, 2.05) is 41.8 Å². The molecule has 6 nitrogen and oxygen atoms in total. The number of aromatic hydroxyl groups is 1. The lowest BCUT2D eigenvalue weighted by Gasteiger charge is -2.03. The van der Waals surface area contributed by atoms with Crippen LogP contribution in [-0.4, -0.2) is 30.9 Å². The highest BCUT2D eigenvalue weighted by Crippen LogP contribution is 2.29. The van der Waals surface area contributed by atoms with Gasteiger partial charge in [0.05, 0.1) is 11.4 Å². The molecule has 0 fully saturated rings. The van der Waals surface area contributed by atoms with Gasteiger partial charge in [-0.25, -0.2) is 14.5 Å². The summed E-state index contributed by atoms with van der Waals surface area (Å²) in [6.45, 7) is 0. The Hall–Kier alpha value is -3.45. The molecule has 2 aromatic heterocycles. The Morgan fingerprint density at radius 1 is 1.00 bits per heavy atom.